The second kappa shape index (κ2) is 4.72. The van der Waals surface area contributed by atoms with Crippen LogP contribution in [0.15, 0.2) is 30.3 Å². The number of rotatable bonds is 2. The Kier molecular flexibility index (Phi) is 3.05. The monoisotopic (exact) mass is 292 g/mol. The number of hydrogen-bond donors (Lipinski definition) is 2. The van der Waals surface area contributed by atoms with E-state index >= 15 is 0 Å². The highest BCUT2D eigenvalue weighted by atomic mass is 35.5. The molecule has 2 heterocycles. The average Bonchev–Trinajstić information content (AvgIpc) is 2.75. The maximum absolute atomic E-state index is 6.03. The van der Waals surface area contributed by atoms with Gasteiger partial charge in [-0.3, -0.25) is 0 Å². The van der Waals surface area contributed by atoms with E-state index in [1.165, 1.54) is 0 Å². The number of benzene rings is 1. The van der Waals surface area contributed by atoms with Crippen molar-refractivity contribution in [2.75, 3.05) is 5.73 Å². The zero-order valence-corrected chi connectivity index (χ0v) is 11.3. The number of fused-ring (bicyclic) bond motifs is 1. The lowest BCUT2D eigenvalue weighted by molar-refractivity contribution is 1.10. The molecule has 0 amide bonds. The third kappa shape index (κ3) is 2.50. The van der Waals surface area contributed by atoms with Gasteiger partial charge in [0.25, 0.3) is 0 Å². The Morgan fingerprint density at radius 1 is 1.11 bits per heavy atom. The largest absolute Gasteiger partial charge is 0.399 e. The molecule has 0 bridgehead atoms. The highest BCUT2D eigenvalue weighted by molar-refractivity contribution is 6.35. The lowest BCUT2D eigenvalue weighted by Gasteiger charge is -1.99. The zero-order chi connectivity index (χ0) is 13.4. The molecule has 0 aliphatic rings. The summed E-state index contributed by atoms with van der Waals surface area (Å²) in [7, 11) is 0. The van der Waals surface area contributed by atoms with Crippen molar-refractivity contribution in [3.05, 3.63) is 52.0 Å². The topological polar surface area (TPSA) is 67.6 Å². The van der Waals surface area contributed by atoms with Crippen LogP contribution in [0.1, 0.15) is 11.3 Å². The number of nitrogen functional groups attached to an aromatic ring is 1. The van der Waals surface area contributed by atoms with Crippen LogP contribution < -0.4 is 5.73 Å². The van der Waals surface area contributed by atoms with E-state index < -0.39 is 0 Å². The standard InChI is InChI=1S/C13H10Cl2N4/c14-11-10-6-9(17-12(10)19-13(15)18-11)5-7-1-3-8(16)4-2-7/h1-4,6H,5,16H2,(H,17,18,19). The molecule has 0 saturated heterocycles. The maximum Gasteiger partial charge on any atom is 0.225 e. The molecule has 4 nitrogen and oxygen atoms in total. The Morgan fingerprint density at radius 3 is 2.58 bits per heavy atom. The number of nitrogens with one attached hydrogen (secondary N) is 1. The van der Waals surface area contributed by atoms with Gasteiger partial charge in [0.1, 0.15) is 10.8 Å². The minimum absolute atomic E-state index is 0.137. The summed E-state index contributed by atoms with van der Waals surface area (Å²) in [6.45, 7) is 0. The molecule has 0 aliphatic heterocycles. The molecule has 3 rings (SSSR count). The quantitative estimate of drug-likeness (QED) is 0.432. The van der Waals surface area contributed by atoms with Crippen LogP contribution in [0.5, 0.6) is 0 Å². The Balaban J connectivity index is 1.97. The van der Waals surface area contributed by atoms with Gasteiger partial charge in [-0.25, -0.2) is 4.98 Å². The number of hydrogen-bond acceptors (Lipinski definition) is 3. The first-order chi connectivity index (χ1) is 9.11. The fourth-order valence-electron chi connectivity index (χ4n) is 1.95. The molecule has 6 heteroatoms. The van der Waals surface area contributed by atoms with Gasteiger partial charge in [-0.15, -0.1) is 0 Å². The maximum atomic E-state index is 6.03. The molecule has 3 N–H and O–H groups in total. The lowest BCUT2D eigenvalue weighted by atomic mass is 10.1. The van der Waals surface area contributed by atoms with E-state index in [0.717, 1.165) is 28.8 Å². The van der Waals surface area contributed by atoms with Crippen molar-refractivity contribution >= 4 is 39.9 Å². The lowest BCUT2D eigenvalue weighted by Crippen LogP contribution is -1.90. The zero-order valence-electron chi connectivity index (χ0n) is 9.82. The van der Waals surface area contributed by atoms with Gasteiger partial charge in [0.05, 0.1) is 5.39 Å². The molecule has 19 heavy (non-hydrogen) atoms. The summed E-state index contributed by atoms with van der Waals surface area (Å²) in [6.07, 6.45) is 0.741. The van der Waals surface area contributed by atoms with E-state index in [0.29, 0.717) is 10.8 Å². The van der Waals surface area contributed by atoms with Crippen molar-refractivity contribution in [2.45, 2.75) is 6.42 Å². The first kappa shape index (κ1) is 12.3. The average molecular weight is 293 g/mol. The third-order valence-corrected chi connectivity index (χ3v) is 3.30. The third-order valence-electron chi connectivity index (χ3n) is 2.84. The molecule has 3 aromatic rings. The van der Waals surface area contributed by atoms with Gasteiger partial charge in [-0.1, -0.05) is 23.7 Å². The van der Waals surface area contributed by atoms with Gasteiger partial charge in [-0.05, 0) is 35.4 Å². The molecule has 0 fully saturated rings. The predicted molar refractivity (Wildman–Crippen MR) is 77.6 cm³/mol. The van der Waals surface area contributed by atoms with E-state index in [9.17, 15) is 0 Å². The van der Waals surface area contributed by atoms with Crippen LogP contribution in [0.2, 0.25) is 10.4 Å². The fourth-order valence-corrected chi connectivity index (χ4v) is 2.39. The molecule has 0 radical (unpaired) electrons. The molecule has 1 aromatic carbocycles. The summed E-state index contributed by atoms with van der Waals surface area (Å²) in [5.41, 5.74) is 9.21. The van der Waals surface area contributed by atoms with Gasteiger partial charge >= 0.3 is 0 Å². The summed E-state index contributed by atoms with van der Waals surface area (Å²) in [5.74, 6) is 0. The predicted octanol–water partition coefficient (Wildman–Crippen LogP) is 3.44. The second-order valence-electron chi connectivity index (χ2n) is 4.26. The van der Waals surface area contributed by atoms with Crippen LogP contribution in [0.25, 0.3) is 11.0 Å². The number of aromatic amines is 1. The highest BCUT2D eigenvalue weighted by Crippen LogP contribution is 2.24. The van der Waals surface area contributed by atoms with Crippen LogP contribution in [0.3, 0.4) is 0 Å². The van der Waals surface area contributed by atoms with Crippen molar-refractivity contribution < 1.29 is 0 Å². The fraction of sp³-hybridized carbons (Fsp3) is 0.0769. The molecule has 0 atom stereocenters. The Bertz CT molecular complexity index is 734. The van der Waals surface area contributed by atoms with E-state index in [1.54, 1.807) is 0 Å². The van der Waals surface area contributed by atoms with Gasteiger partial charge < -0.3 is 10.7 Å². The van der Waals surface area contributed by atoms with Gasteiger partial charge in [0, 0.05) is 17.8 Å². The first-order valence-corrected chi connectivity index (χ1v) is 6.42. The van der Waals surface area contributed by atoms with Gasteiger partial charge in [0.2, 0.25) is 5.28 Å². The molecule has 96 valence electrons. The van der Waals surface area contributed by atoms with Crippen LogP contribution >= 0.6 is 23.2 Å². The molecule has 0 aliphatic carbocycles. The number of aromatic nitrogens is 3. The van der Waals surface area contributed by atoms with Crippen LogP contribution in [0, 0.1) is 0 Å². The summed E-state index contributed by atoms with van der Waals surface area (Å²) in [6, 6.07) is 9.66. The highest BCUT2D eigenvalue weighted by Gasteiger charge is 2.09. The van der Waals surface area contributed by atoms with Crippen molar-refractivity contribution in [2.24, 2.45) is 0 Å². The van der Waals surface area contributed by atoms with Crippen LogP contribution in [-0.2, 0) is 6.42 Å². The smallest absolute Gasteiger partial charge is 0.225 e. The molecular formula is C13H10Cl2N4. The summed E-state index contributed by atoms with van der Waals surface area (Å²) >= 11 is 11.8. The molecule has 2 aromatic heterocycles. The van der Waals surface area contributed by atoms with Crippen molar-refractivity contribution in [3.63, 3.8) is 0 Å². The number of halogens is 2. The van der Waals surface area contributed by atoms with Gasteiger partial charge in [-0.2, -0.15) is 4.98 Å². The second-order valence-corrected chi connectivity index (χ2v) is 4.95. The Hall–Kier alpha value is -1.78. The summed E-state index contributed by atoms with van der Waals surface area (Å²) < 4.78 is 0. The first-order valence-electron chi connectivity index (χ1n) is 5.67. The normalized spacial score (nSPS) is 11.1. The van der Waals surface area contributed by atoms with Crippen molar-refractivity contribution in [1.29, 1.82) is 0 Å². The van der Waals surface area contributed by atoms with E-state index in [4.69, 9.17) is 28.9 Å². The number of anilines is 1. The van der Waals surface area contributed by atoms with Crippen molar-refractivity contribution in [3.8, 4) is 0 Å². The number of nitrogens with zero attached hydrogens (tertiary/aromatic N) is 2. The Labute approximate surface area is 119 Å². The minimum atomic E-state index is 0.137. The number of H-pyrrole nitrogens is 1. The summed E-state index contributed by atoms with van der Waals surface area (Å²) in [4.78, 5) is 11.2. The van der Waals surface area contributed by atoms with Crippen LogP contribution in [-0.4, -0.2) is 15.0 Å². The molecular weight excluding hydrogens is 283 g/mol. The van der Waals surface area contributed by atoms with E-state index in [-0.39, 0.29) is 5.28 Å². The molecule has 0 unspecified atom stereocenters. The molecule has 0 saturated carbocycles. The SMILES string of the molecule is Nc1ccc(Cc2cc3c(Cl)nc(Cl)nc3[nH]2)cc1. The minimum Gasteiger partial charge on any atom is -0.399 e. The van der Waals surface area contributed by atoms with E-state index in [1.807, 2.05) is 30.3 Å². The van der Waals surface area contributed by atoms with Gasteiger partial charge in [0.15, 0.2) is 0 Å². The number of nitrogens with two attached hydrogens (primary N) is 1. The summed E-state index contributed by atoms with van der Waals surface area (Å²) in [5, 5.41) is 1.27. The Morgan fingerprint density at radius 2 is 1.84 bits per heavy atom. The van der Waals surface area contributed by atoms with Crippen molar-refractivity contribution in [1.82, 2.24) is 15.0 Å². The van der Waals surface area contributed by atoms with Crippen LogP contribution in [0.4, 0.5) is 5.69 Å². The van der Waals surface area contributed by atoms with E-state index in [2.05, 4.69) is 15.0 Å². The molecule has 0 spiro atoms.